The summed E-state index contributed by atoms with van der Waals surface area (Å²) >= 11 is 0. The number of hydrogen-bond acceptors (Lipinski definition) is 2. The first-order valence-corrected chi connectivity index (χ1v) is 10.3. The van der Waals surface area contributed by atoms with Gasteiger partial charge < -0.3 is 10.0 Å². The highest BCUT2D eigenvalue weighted by Crippen LogP contribution is 2.37. The van der Waals surface area contributed by atoms with Gasteiger partial charge in [0.25, 0.3) is 0 Å². The van der Waals surface area contributed by atoms with Crippen LogP contribution in [0.4, 0.5) is 0 Å². The Bertz CT molecular complexity index is 759. The summed E-state index contributed by atoms with van der Waals surface area (Å²) in [6, 6.07) is 17.8. The molecular weight excluding hydrogens is 370 g/mol. The zero-order valence-corrected chi connectivity index (χ0v) is 17.2. The van der Waals surface area contributed by atoms with E-state index in [0.29, 0.717) is 12.5 Å². The summed E-state index contributed by atoms with van der Waals surface area (Å²) in [5.74, 6) is -0.357. The Morgan fingerprint density at radius 3 is 2.21 bits per heavy atom. The number of rotatable bonds is 5. The predicted octanol–water partition coefficient (Wildman–Crippen LogP) is 4.92. The zero-order chi connectivity index (χ0) is 18.6. The molecule has 1 heterocycles. The Morgan fingerprint density at radius 2 is 1.61 bits per heavy atom. The first kappa shape index (κ1) is 20.9. The highest BCUT2D eigenvalue weighted by atomic mass is 35.5. The van der Waals surface area contributed by atoms with Gasteiger partial charge in [0.1, 0.15) is 0 Å². The number of carboxylic acid groups (broad SMARTS) is 1. The van der Waals surface area contributed by atoms with Gasteiger partial charge in [-0.25, -0.2) is 0 Å². The molecule has 1 saturated heterocycles. The number of fused-ring (bicyclic) bond motifs is 2. The summed E-state index contributed by atoms with van der Waals surface area (Å²) in [6.45, 7) is 2.76. The molecular formula is C24H30ClNO2. The lowest BCUT2D eigenvalue weighted by Gasteiger charge is -2.31. The number of benzene rings is 2. The second-order valence-electron chi connectivity index (χ2n) is 8.07. The SMILES string of the molecule is Cl.O=C(O)[C@@H]1CCCN(CCCC2c3ccccc3CCc3ccccc32)C1. The number of aryl methyl sites for hydroxylation is 2. The minimum atomic E-state index is -0.633. The number of piperidine rings is 1. The van der Waals surface area contributed by atoms with Crippen LogP contribution in [0.5, 0.6) is 0 Å². The lowest BCUT2D eigenvalue weighted by atomic mass is 9.84. The van der Waals surface area contributed by atoms with Crippen LogP contribution in [0.25, 0.3) is 0 Å². The number of carbonyl (C=O) groups is 1. The van der Waals surface area contributed by atoms with Crippen molar-refractivity contribution < 1.29 is 9.90 Å². The molecule has 3 nitrogen and oxygen atoms in total. The Kier molecular flexibility index (Phi) is 7.14. The van der Waals surface area contributed by atoms with E-state index in [1.54, 1.807) is 0 Å². The Morgan fingerprint density at radius 1 is 1.00 bits per heavy atom. The third-order valence-corrected chi connectivity index (χ3v) is 6.35. The molecule has 4 heteroatoms. The fourth-order valence-corrected chi connectivity index (χ4v) is 4.93. The minimum absolute atomic E-state index is 0. The molecule has 0 unspecified atom stereocenters. The molecule has 1 atom stereocenters. The summed E-state index contributed by atoms with van der Waals surface area (Å²) < 4.78 is 0. The Hall–Kier alpha value is -1.84. The number of hydrogen-bond donors (Lipinski definition) is 1. The molecule has 0 spiro atoms. The van der Waals surface area contributed by atoms with E-state index in [2.05, 4.69) is 53.4 Å². The van der Waals surface area contributed by atoms with E-state index < -0.39 is 5.97 Å². The molecule has 2 aromatic rings. The van der Waals surface area contributed by atoms with Crippen LogP contribution in [0.2, 0.25) is 0 Å². The lowest BCUT2D eigenvalue weighted by Crippen LogP contribution is -2.39. The largest absolute Gasteiger partial charge is 0.481 e. The topological polar surface area (TPSA) is 40.5 Å². The smallest absolute Gasteiger partial charge is 0.307 e. The average Bonchev–Trinajstić information content (AvgIpc) is 2.86. The molecule has 1 N–H and O–H groups in total. The van der Waals surface area contributed by atoms with Crippen molar-refractivity contribution in [2.75, 3.05) is 19.6 Å². The van der Waals surface area contributed by atoms with Gasteiger partial charge in [0.15, 0.2) is 0 Å². The van der Waals surface area contributed by atoms with Gasteiger partial charge in [0.05, 0.1) is 5.92 Å². The molecule has 0 radical (unpaired) electrons. The maximum atomic E-state index is 11.3. The summed E-state index contributed by atoms with van der Waals surface area (Å²) in [4.78, 5) is 13.7. The summed E-state index contributed by atoms with van der Waals surface area (Å²) in [7, 11) is 0. The Labute approximate surface area is 174 Å². The molecule has 2 aliphatic rings. The molecule has 4 rings (SSSR count). The molecule has 0 aromatic heterocycles. The van der Waals surface area contributed by atoms with Crippen molar-refractivity contribution in [3.05, 3.63) is 70.8 Å². The third kappa shape index (κ3) is 4.59. The van der Waals surface area contributed by atoms with Crippen molar-refractivity contribution in [2.45, 2.75) is 44.4 Å². The molecule has 0 bridgehead atoms. The van der Waals surface area contributed by atoms with Crippen molar-refractivity contribution in [1.82, 2.24) is 4.90 Å². The van der Waals surface area contributed by atoms with Gasteiger partial charge in [-0.15, -0.1) is 12.4 Å². The second kappa shape index (κ2) is 9.58. The maximum absolute atomic E-state index is 11.3. The third-order valence-electron chi connectivity index (χ3n) is 6.35. The first-order chi connectivity index (χ1) is 13.2. The highest BCUT2D eigenvalue weighted by Gasteiger charge is 2.26. The highest BCUT2D eigenvalue weighted by molar-refractivity contribution is 5.85. The molecule has 0 saturated carbocycles. The number of likely N-dealkylation sites (tertiary alicyclic amines) is 1. The fraction of sp³-hybridized carbons (Fsp3) is 0.458. The average molecular weight is 400 g/mol. The summed E-state index contributed by atoms with van der Waals surface area (Å²) in [5.41, 5.74) is 5.96. The maximum Gasteiger partial charge on any atom is 0.307 e. The summed E-state index contributed by atoms with van der Waals surface area (Å²) in [6.07, 6.45) is 6.31. The van der Waals surface area contributed by atoms with Crippen molar-refractivity contribution >= 4 is 18.4 Å². The van der Waals surface area contributed by atoms with Gasteiger partial charge in [-0.1, -0.05) is 48.5 Å². The van der Waals surface area contributed by atoms with Gasteiger partial charge in [0, 0.05) is 12.5 Å². The van der Waals surface area contributed by atoms with Gasteiger partial charge in [-0.05, 0) is 73.9 Å². The number of carboxylic acids is 1. The monoisotopic (exact) mass is 399 g/mol. The first-order valence-electron chi connectivity index (χ1n) is 10.3. The van der Waals surface area contributed by atoms with Crippen LogP contribution in [0.3, 0.4) is 0 Å². The molecule has 1 aliphatic heterocycles. The van der Waals surface area contributed by atoms with Crippen molar-refractivity contribution in [3.63, 3.8) is 0 Å². The summed E-state index contributed by atoms with van der Waals surface area (Å²) in [5, 5.41) is 9.31. The van der Waals surface area contributed by atoms with Gasteiger partial charge in [-0.3, -0.25) is 4.79 Å². The van der Waals surface area contributed by atoms with Gasteiger partial charge >= 0.3 is 5.97 Å². The van der Waals surface area contributed by atoms with E-state index in [4.69, 9.17) is 0 Å². The Balaban J connectivity index is 0.00000225. The standard InChI is InChI=1S/C24H29NO2.ClH/c26-24(27)20-9-5-15-25(17-20)16-6-12-23-21-10-3-1-7-18(21)13-14-19-8-2-4-11-22(19)23;/h1-4,7-8,10-11,20,23H,5-6,9,12-17H2,(H,26,27);1H/t20-;/m1./s1. The molecule has 1 aliphatic carbocycles. The minimum Gasteiger partial charge on any atom is -0.481 e. The quantitative estimate of drug-likeness (QED) is 0.776. The van der Waals surface area contributed by atoms with Crippen molar-refractivity contribution in [1.29, 1.82) is 0 Å². The molecule has 28 heavy (non-hydrogen) atoms. The van der Waals surface area contributed by atoms with Crippen LogP contribution in [0.15, 0.2) is 48.5 Å². The fourth-order valence-electron chi connectivity index (χ4n) is 4.93. The van der Waals surface area contributed by atoms with E-state index in [1.165, 1.54) is 22.3 Å². The molecule has 1 fully saturated rings. The predicted molar refractivity (Wildman–Crippen MR) is 115 cm³/mol. The van der Waals surface area contributed by atoms with E-state index in [0.717, 1.165) is 51.6 Å². The van der Waals surface area contributed by atoms with Crippen LogP contribution in [0, 0.1) is 5.92 Å². The second-order valence-corrected chi connectivity index (χ2v) is 8.07. The van der Waals surface area contributed by atoms with Crippen LogP contribution >= 0.6 is 12.4 Å². The van der Waals surface area contributed by atoms with Crippen LogP contribution in [-0.4, -0.2) is 35.6 Å². The van der Waals surface area contributed by atoms with E-state index in [1.807, 2.05) is 0 Å². The molecule has 2 aromatic carbocycles. The lowest BCUT2D eigenvalue weighted by molar-refractivity contribution is -0.143. The zero-order valence-electron chi connectivity index (χ0n) is 16.3. The van der Waals surface area contributed by atoms with Crippen LogP contribution in [-0.2, 0) is 17.6 Å². The molecule has 0 amide bonds. The number of aliphatic carboxylic acids is 1. The number of halogens is 1. The van der Waals surface area contributed by atoms with E-state index in [9.17, 15) is 9.90 Å². The van der Waals surface area contributed by atoms with Crippen LogP contribution in [0.1, 0.15) is 53.9 Å². The van der Waals surface area contributed by atoms with Crippen molar-refractivity contribution in [3.8, 4) is 0 Å². The van der Waals surface area contributed by atoms with Gasteiger partial charge in [0.2, 0.25) is 0 Å². The van der Waals surface area contributed by atoms with Crippen LogP contribution < -0.4 is 0 Å². The molecule has 150 valence electrons. The number of nitrogens with zero attached hydrogens (tertiary/aromatic N) is 1. The normalized spacial score (nSPS) is 19.8. The van der Waals surface area contributed by atoms with Crippen molar-refractivity contribution in [2.24, 2.45) is 5.92 Å². The van der Waals surface area contributed by atoms with Gasteiger partial charge in [-0.2, -0.15) is 0 Å². The van der Waals surface area contributed by atoms with E-state index >= 15 is 0 Å². The van der Waals surface area contributed by atoms with E-state index in [-0.39, 0.29) is 18.3 Å².